The summed E-state index contributed by atoms with van der Waals surface area (Å²) in [4.78, 5) is 11.1. The minimum Gasteiger partial charge on any atom is -0.497 e. The minimum absolute atomic E-state index is 0.397. The van der Waals surface area contributed by atoms with Gasteiger partial charge >= 0.3 is 5.97 Å². The number of rotatable bonds is 4. The van der Waals surface area contributed by atoms with Crippen LogP contribution in [0, 0.1) is 0 Å². The molecule has 0 spiro atoms. The number of methoxy groups -OCH3 is 2. The van der Waals surface area contributed by atoms with Gasteiger partial charge in [0.15, 0.2) is 6.10 Å². The maximum Gasteiger partial charge on any atom is 0.346 e. The standard InChI is InChI=1S/C11H14O4/c1-8(11(12)14-3)15-10-6-4-9(13-2)5-7-10/h4-8H,1-3H3/t8-/m0/s1. The van der Waals surface area contributed by atoms with E-state index in [1.807, 2.05) is 0 Å². The van der Waals surface area contributed by atoms with Crippen LogP contribution in [0.25, 0.3) is 0 Å². The molecule has 0 unspecified atom stereocenters. The summed E-state index contributed by atoms with van der Waals surface area (Å²) < 4.78 is 14.9. The number of benzene rings is 1. The summed E-state index contributed by atoms with van der Waals surface area (Å²) in [5.41, 5.74) is 0. The number of carbonyl (C=O) groups excluding carboxylic acids is 1. The molecule has 0 saturated carbocycles. The molecule has 0 aliphatic carbocycles. The van der Waals surface area contributed by atoms with Crippen LogP contribution in [0.4, 0.5) is 0 Å². The summed E-state index contributed by atoms with van der Waals surface area (Å²) in [6.45, 7) is 1.63. The summed E-state index contributed by atoms with van der Waals surface area (Å²) >= 11 is 0. The van der Waals surface area contributed by atoms with E-state index in [1.54, 1.807) is 38.3 Å². The zero-order valence-electron chi connectivity index (χ0n) is 9.02. The fraction of sp³-hybridized carbons (Fsp3) is 0.364. The van der Waals surface area contributed by atoms with Crippen molar-refractivity contribution < 1.29 is 19.0 Å². The van der Waals surface area contributed by atoms with Gasteiger partial charge in [0, 0.05) is 0 Å². The predicted octanol–water partition coefficient (Wildman–Crippen LogP) is 1.64. The molecule has 1 atom stereocenters. The van der Waals surface area contributed by atoms with E-state index in [0.717, 1.165) is 5.75 Å². The van der Waals surface area contributed by atoms with E-state index in [0.29, 0.717) is 5.75 Å². The molecular weight excluding hydrogens is 196 g/mol. The molecule has 15 heavy (non-hydrogen) atoms. The fourth-order valence-corrected chi connectivity index (χ4v) is 1.07. The number of carbonyl (C=O) groups is 1. The Bertz CT molecular complexity index is 318. The van der Waals surface area contributed by atoms with Crippen LogP contribution in [0.15, 0.2) is 24.3 Å². The lowest BCUT2D eigenvalue weighted by atomic mass is 10.3. The van der Waals surface area contributed by atoms with Crippen molar-refractivity contribution in [2.45, 2.75) is 13.0 Å². The molecule has 0 bridgehead atoms. The van der Waals surface area contributed by atoms with Crippen molar-refractivity contribution in [1.82, 2.24) is 0 Å². The van der Waals surface area contributed by atoms with Crippen molar-refractivity contribution >= 4 is 5.97 Å². The highest BCUT2D eigenvalue weighted by atomic mass is 16.6. The molecule has 1 rings (SSSR count). The van der Waals surface area contributed by atoms with E-state index in [1.165, 1.54) is 7.11 Å². The van der Waals surface area contributed by atoms with Crippen LogP contribution in [0.2, 0.25) is 0 Å². The first kappa shape index (κ1) is 11.4. The van der Waals surface area contributed by atoms with Gasteiger partial charge in [-0.1, -0.05) is 0 Å². The third-order valence-electron chi connectivity index (χ3n) is 1.91. The molecule has 4 heteroatoms. The SMILES string of the molecule is COC(=O)[C@H](C)Oc1ccc(OC)cc1. The molecule has 0 aliphatic heterocycles. The highest BCUT2D eigenvalue weighted by Gasteiger charge is 2.14. The van der Waals surface area contributed by atoms with E-state index in [-0.39, 0.29) is 0 Å². The minimum atomic E-state index is -0.608. The third kappa shape index (κ3) is 3.16. The summed E-state index contributed by atoms with van der Waals surface area (Å²) in [6, 6.07) is 7.00. The Kier molecular flexibility index (Phi) is 3.97. The van der Waals surface area contributed by atoms with Crippen molar-refractivity contribution in [1.29, 1.82) is 0 Å². The second-order valence-corrected chi connectivity index (χ2v) is 2.96. The second kappa shape index (κ2) is 5.24. The lowest BCUT2D eigenvalue weighted by Crippen LogP contribution is -2.24. The zero-order chi connectivity index (χ0) is 11.3. The number of hydrogen-bond donors (Lipinski definition) is 0. The van der Waals surface area contributed by atoms with Gasteiger partial charge in [-0.25, -0.2) is 4.79 Å². The fourth-order valence-electron chi connectivity index (χ4n) is 1.07. The smallest absolute Gasteiger partial charge is 0.346 e. The molecule has 4 nitrogen and oxygen atoms in total. The van der Waals surface area contributed by atoms with Crippen LogP contribution < -0.4 is 9.47 Å². The largest absolute Gasteiger partial charge is 0.497 e. The van der Waals surface area contributed by atoms with E-state index < -0.39 is 12.1 Å². The van der Waals surface area contributed by atoms with E-state index in [2.05, 4.69) is 4.74 Å². The molecule has 0 aliphatic rings. The third-order valence-corrected chi connectivity index (χ3v) is 1.91. The topological polar surface area (TPSA) is 44.8 Å². The van der Waals surface area contributed by atoms with Gasteiger partial charge in [0.2, 0.25) is 0 Å². The van der Waals surface area contributed by atoms with Gasteiger partial charge < -0.3 is 14.2 Å². The Balaban J connectivity index is 2.60. The van der Waals surface area contributed by atoms with Crippen molar-refractivity contribution in [3.63, 3.8) is 0 Å². The quantitative estimate of drug-likeness (QED) is 0.708. The van der Waals surface area contributed by atoms with E-state index >= 15 is 0 Å². The lowest BCUT2D eigenvalue weighted by molar-refractivity contribution is -0.147. The van der Waals surface area contributed by atoms with Gasteiger partial charge in [-0.2, -0.15) is 0 Å². The molecule has 0 N–H and O–H groups in total. The number of ether oxygens (including phenoxy) is 3. The Hall–Kier alpha value is -1.71. The first-order valence-electron chi connectivity index (χ1n) is 4.56. The van der Waals surface area contributed by atoms with Crippen molar-refractivity contribution in [3.05, 3.63) is 24.3 Å². The average Bonchev–Trinajstić information content (AvgIpc) is 2.29. The molecule has 0 amide bonds. The summed E-state index contributed by atoms with van der Waals surface area (Å²) in [5, 5.41) is 0. The molecule has 0 saturated heterocycles. The molecule has 1 aromatic carbocycles. The Morgan fingerprint density at radius 1 is 1.13 bits per heavy atom. The van der Waals surface area contributed by atoms with Crippen LogP contribution in [-0.2, 0) is 9.53 Å². The number of hydrogen-bond acceptors (Lipinski definition) is 4. The van der Waals surface area contributed by atoms with E-state index in [9.17, 15) is 4.79 Å². The summed E-state index contributed by atoms with van der Waals surface area (Å²) in [5.74, 6) is 0.951. The first-order valence-corrected chi connectivity index (χ1v) is 4.56. The molecule has 0 fully saturated rings. The van der Waals surface area contributed by atoms with Crippen LogP contribution in [-0.4, -0.2) is 26.3 Å². The van der Waals surface area contributed by atoms with Crippen LogP contribution in [0.1, 0.15) is 6.92 Å². The predicted molar refractivity (Wildman–Crippen MR) is 55.1 cm³/mol. The molecule has 82 valence electrons. The maximum absolute atomic E-state index is 11.1. The van der Waals surface area contributed by atoms with Crippen LogP contribution >= 0.6 is 0 Å². The second-order valence-electron chi connectivity index (χ2n) is 2.96. The van der Waals surface area contributed by atoms with E-state index in [4.69, 9.17) is 9.47 Å². The maximum atomic E-state index is 11.1. The summed E-state index contributed by atoms with van der Waals surface area (Å²) in [6.07, 6.45) is -0.608. The Morgan fingerprint density at radius 3 is 2.13 bits per heavy atom. The highest BCUT2D eigenvalue weighted by Crippen LogP contribution is 2.18. The molecular formula is C11H14O4. The Morgan fingerprint density at radius 2 is 1.67 bits per heavy atom. The molecule has 0 radical (unpaired) electrons. The Labute approximate surface area is 88.8 Å². The molecule has 1 aromatic rings. The first-order chi connectivity index (χ1) is 7.17. The molecule has 0 heterocycles. The zero-order valence-corrected chi connectivity index (χ0v) is 9.02. The van der Waals surface area contributed by atoms with Gasteiger partial charge in [-0.3, -0.25) is 0 Å². The van der Waals surface area contributed by atoms with Crippen LogP contribution in [0.5, 0.6) is 11.5 Å². The average molecular weight is 210 g/mol. The summed E-state index contributed by atoms with van der Waals surface area (Å²) in [7, 11) is 2.92. The van der Waals surface area contributed by atoms with Crippen LogP contribution in [0.3, 0.4) is 0 Å². The van der Waals surface area contributed by atoms with Gasteiger partial charge in [0.05, 0.1) is 14.2 Å². The highest BCUT2D eigenvalue weighted by molar-refractivity contribution is 5.74. The monoisotopic (exact) mass is 210 g/mol. The van der Waals surface area contributed by atoms with Gasteiger partial charge in [-0.05, 0) is 31.2 Å². The van der Waals surface area contributed by atoms with Crippen molar-refractivity contribution in [2.24, 2.45) is 0 Å². The van der Waals surface area contributed by atoms with Gasteiger partial charge in [-0.15, -0.1) is 0 Å². The molecule has 0 aromatic heterocycles. The normalized spacial score (nSPS) is 11.7. The van der Waals surface area contributed by atoms with Gasteiger partial charge in [0.1, 0.15) is 11.5 Å². The van der Waals surface area contributed by atoms with Crippen molar-refractivity contribution in [3.8, 4) is 11.5 Å². The van der Waals surface area contributed by atoms with Gasteiger partial charge in [0.25, 0.3) is 0 Å². The number of esters is 1. The van der Waals surface area contributed by atoms with Crippen molar-refractivity contribution in [2.75, 3.05) is 14.2 Å². The lowest BCUT2D eigenvalue weighted by Gasteiger charge is -2.12.